The first-order chi connectivity index (χ1) is 10.2. The molecule has 0 saturated heterocycles. The Kier molecular flexibility index (Phi) is 6.13. The highest BCUT2D eigenvalue weighted by atomic mass is 32.2. The van der Waals surface area contributed by atoms with Crippen molar-refractivity contribution < 1.29 is 9.18 Å². The van der Waals surface area contributed by atoms with Crippen LogP contribution in [-0.4, -0.2) is 27.8 Å². The molecule has 0 unspecified atom stereocenters. The van der Waals surface area contributed by atoms with Crippen molar-refractivity contribution in [2.24, 2.45) is 0 Å². The summed E-state index contributed by atoms with van der Waals surface area (Å²) in [7, 11) is 0. The number of halogens is 1. The van der Waals surface area contributed by atoms with E-state index in [1.165, 1.54) is 12.1 Å². The van der Waals surface area contributed by atoms with E-state index < -0.39 is 0 Å². The van der Waals surface area contributed by atoms with Crippen LogP contribution in [0.5, 0.6) is 0 Å². The van der Waals surface area contributed by atoms with Crippen LogP contribution in [-0.2, 0) is 6.42 Å². The molecule has 112 valence electrons. The van der Waals surface area contributed by atoms with Gasteiger partial charge < -0.3 is 5.32 Å². The van der Waals surface area contributed by atoms with E-state index >= 15 is 0 Å². The maximum Gasteiger partial charge on any atom is 0.264 e. The SMILES string of the molecule is CCc1nnsc1C(=O)NCCCSc1ccc(F)cc1. The normalized spacial score (nSPS) is 10.6. The number of benzene rings is 1. The van der Waals surface area contributed by atoms with Crippen LogP contribution in [0.25, 0.3) is 0 Å². The molecule has 7 heteroatoms. The minimum Gasteiger partial charge on any atom is -0.351 e. The number of carbonyl (C=O) groups is 1. The molecule has 0 aliphatic carbocycles. The van der Waals surface area contributed by atoms with Crippen LogP contribution in [0.2, 0.25) is 0 Å². The van der Waals surface area contributed by atoms with Crippen molar-refractivity contribution in [1.82, 2.24) is 14.9 Å². The molecular formula is C14H16FN3OS2. The van der Waals surface area contributed by atoms with Gasteiger partial charge in [0.25, 0.3) is 5.91 Å². The van der Waals surface area contributed by atoms with Crippen LogP contribution >= 0.6 is 23.3 Å². The van der Waals surface area contributed by atoms with E-state index in [4.69, 9.17) is 0 Å². The van der Waals surface area contributed by atoms with E-state index in [-0.39, 0.29) is 11.7 Å². The van der Waals surface area contributed by atoms with Crippen LogP contribution in [0.3, 0.4) is 0 Å². The minimum absolute atomic E-state index is 0.103. The van der Waals surface area contributed by atoms with Crippen LogP contribution in [0.4, 0.5) is 4.39 Å². The molecule has 1 heterocycles. The fourth-order valence-corrected chi connectivity index (χ4v) is 3.21. The summed E-state index contributed by atoms with van der Waals surface area (Å²) in [5, 5.41) is 6.79. The summed E-state index contributed by atoms with van der Waals surface area (Å²) in [5.74, 6) is 0.540. The lowest BCUT2D eigenvalue weighted by Crippen LogP contribution is -2.24. The third-order valence-corrected chi connectivity index (χ3v) is 4.65. The Bertz CT molecular complexity index is 586. The van der Waals surface area contributed by atoms with Crippen molar-refractivity contribution in [1.29, 1.82) is 0 Å². The van der Waals surface area contributed by atoms with Crippen molar-refractivity contribution in [3.05, 3.63) is 40.7 Å². The molecule has 0 atom stereocenters. The summed E-state index contributed by atoms with van der Waals surface area (Å²) >= 11 is 2.78. The number of thioether (sulfide) groups is 1. The number of hydrogen-bond acceptors (Lipinski definition) is 5. The number of rotatable bonds is 7. The van der Waals surface area contributed by atoms with Gasteiger partial charge in [0.05, 0.1) is 5.69 Å². The Morgan fingerprint density at radius 3 is 2.86 bits per heavy atom. The monoisotopic (exact) mass is 325 g/mol. The lowest BCUT2D eigenvalue weighted by Gasteiger charge is -2.04. The van der Waals surface area contributed by atoms with Crippen LogP contribution in [0, 0.1) is 5.82 Å². The fraction of sp³-hybridized carbons (Fsp3) is 0.357. The van der Waals surface area contributed by atoms with Gasteiger partial charge in [-0.25, -0.2) is 4.39 Å². The molecule has 1 amide bonds. The molecule has 1 aromatic carbocycles. The van der Waals surface area contributed by atoms with Gasteiger partial charge in [-0.3, -0.25) is 4.79 Å². The number of aryl methyl sites for hydroxylation is 1. The fourth-order valence-electron chi connectivity index (χ4n) is 1.69. The molecular weight excluding hydrogens is 309 g/mol. The van der Waals surface area contributed by atoms with E-state index in [2.05, 4.69) is 14.9 Å². The number of hydrogen-bond donors (Lipinski definition) is 1. The molecule has 0 fully saturated rings. The molecule has 21 heavy (non-hydrogen) atoms. The first-order valence-corrected chi connectivity index (χ1v) is 8.44. The molecule has 0 spiro atoms. The van der Waals surface area contributed by atoms with Gasteiger partial charge in [-0.2, -0.15) is 0 Å². The number of aromatic nitrogens is 2. The standard InChI is InChI=1S/C14H16FN3OS2/c1-2-12-13(21-18-17-12)14(19)16-8-3-9-20-11-6-4-10(15)5-7-11/h4-7H,2-3,8-9H2,1H3,(H,16,19). The molecule has 1 aromatic heterocycles. The lowest BCUT2D eigenvalue weighted by atomic mass is 10.3. The van der Waals surface area contributed by atoms with Crippen LogP contribution in [0.1, 0.15) is 28.7 Å². The lowest BCUT2D eigenvalue weighted by molar-refractivity contribution is 0.0957. The van der Waals surface area contributed by atoms with Gasteiger partial charge in [0, 0.05) is 11.4 Å². The maximum atomic E-state index is 12.7. The van der Waals surface area contributed by atoms with E-state index in [0.717, 1.165) is 34.3 Å². The Labute approximate surface area is 131 Å². The van der Waals surface area contributed by atoms with Crippen molar-refractivity contribution in [2.75, 3.05) is 12.3 Å². The van der Waals surface area contributed by atoms with E-state index in [0.29, 0.717) is 17.8 Å². The van der Waals surface area contributed by atoms with Gasteiger partial charge in [-0.05, 0) is 54.4 Å². The second-order valence-corrected chi connectivity index (χ2v) is 6.24. The van der Waals surface area contributed by atoms with E-state index in [1.807, 2.05) is 6.92 Å². The quantitative estimate of drug-likeness (QED) is 0.627. The number of carbonyl (C=O) groups excluding carboxylic acids is 1. The summed E-state index contributed by atoms with van der Waals surface area (Å²) in [6.07, 6.45) is 1.56. The third kappa shape index (κ3) is 4.78. The van der Waals surface area contributed by atoms with Crippen molar-refractivity contribution in [3.63, 3.8) is 0 Å². The van der Waals surface area contributed by atoms with Gasteiger partial charge >= 0.3 is 0 Å². The highest BCUT2D eigenvalue weighted by molar-refractivity contribution is 7.99. The summed E-state index contributed by atoms with van der Waals surface area (Å²) < 4.78 is 16.6. The molecule has 1 N–H and O–H groups in total. The zero-order chi connectivity index (χ0) is 15.1. The second kappa shape index (κ2) is 8.09. The van der Waals surface area contributed by atoms with Crippen LogP contribution < -0.4 is 5.32 Å². The summed E-state index contributed by atoms with van der Waals surface area (Å²) in [4.78, 5) is 13.6. The Morgan fingerprint density at radius 1 is 1.38 bits per heavy atom. The minimum atomic E-state index is -0.225. The molecule has 4 nitrogen and oxygen atoms in total. The molecule has 2 aromatic rings. The average Bonchev–Trinajstić information content (AvgIpc) is 2.97. The molecule has 0 aliphatic rings. The summed E-state index contributed by atoms with van der Waals surface area (Å²) in [5.41, 5.74) is 0.748. The smallest absolute Gasteiger partial charge is 0.264 e. The zero-order valence-corrected chi connectivity index (χ0v) is 13.3. The van der Waals surface area contributed by atoms with E-state index in [1.54, 1.807) is 23.9 Å². The first kappa shape index (κ1) is 15.9. The topological polar surface area (TPSA) is 54.9 Å². The van der Waals surface area contributed by atoms with Gasteiger partial charge in [0.2, 0.25) is 0 Å². The molecule has 0 radical (unpaired) electrons. The van der Waals surface area contributed by atoms with Gasteiger partial charge in [0.15, 0.2) is 0 Å². The van der Waals surface area contributed by atoms with Crippen molar-refractivity contribution >= 4 is 29.2 Å². The highest BCUT2D eigenvalue weighted by Gasteiger charge is 2.13. The zero-order valence-electron chi connectivity index (χ0n) is 11.6. The van der Waals surface area contributed by atoms with Crippen LogP contribution in [0.15, 0.2) is 29.2 Å². The predicted octanol–water partition coefficient (Wildman–Crippen LogP) is 3.15. The number of nitrogens with one attached hydrogen (secondary N) is 1. The largest absolute Gasteiger partial charge is 0.351 e. The first-order valence-electron chi connectivity index (χ1n) is 6.68. The van der Waals surface area contributed by atoms with Gasteiger partial charge in [-0.1, -0.05) is 11.4 Å². The molecule has 2 rings (SSSR count). The van der Waals surface area contributed by atoms with E-state index in [9.17, 15) is 9.18 Å². The highest BCUT2D eigenvalue weighted by Crippen LogP contribution is 2.18. The number of amides is 1. The predicted molar refractivity (Wildman–Crippen MR) is 83.4 cm³/mol. The Balaban J connectivity index is 1.68. The average molecular weight is 325 g/mol. The summed E-state index contributed by atoms with van der Waals surface area (Å²) in [6, 6.07) is 6.42. The Morgan fingerprint density at radius 2 is 2.14 bits per heavy atom. The van der Waals surface area contributed by atoms with Gasteiger partial charge in [-0.15, -0.1) is 16.9 Å². The van der Waals surface area contributed by atoms with Crippen molar-refractivity contribution in [3.8, 4) is 0 Å². The molecule has 0 saturated carbocycles. The molecule has 0 aliphatic heterocycles. The van der Waals surface area contributed by atoms with Gasteiger partial charge in [0.1, 0.15) is 10.7 Å². The second-order valence-electron chi connectivity index (χ2n) is 4.31. The summed E-state index contributed by atoms with van der Waals surface area (Å²) in [6.45, 7) is 2.56. The molecule has 0 bridgehead atoms. The van der Waals surface area contributed by atoms with Crippen molar-refractivity contribution in [2.45, 2.75) is 24.7 Å². The maximum absolute atomic E-state index is 12.7. The number of nitrogens with zero attached hydrogens (tertiary/aromatic N) is 2. The Hall–Kier alpha value is -1.47. The third-order valence-electron chi connectivity index (χ3n) is 2.79.